The van der Waals surface area contributed by atoms with Gasteiger partial charge in [0.05, 0.1) is 17.1 Å². The molecule has 2 rings (SSSR count). The number of aryl methyl sites for hydroxylation is 1. The Morgan fingerprint density at radius 1 is 1.35 bits per heavy atom. The van der Waals surface area contributed by atoms with E-state index >= 15 is 0 Å². The molecule has 20 heavy (non-hydrogen) atoms. The number of nitrogens with two attached hydrogens (primary N) is 1. The highest BCUT2D eigenvalue weighted by atomic mass is 32.2. The van der Waals surface area contributed by atoms with Crippen LogP contribution in [0.2, 0.25) is 0 Å². The minimum atomic E-state index is -3.83. The SMILES string of the molecule is Cc1ccc(C(=O)OCC2CCCC2)cc1S(N)(=O)=O. The molecular weight excluding hydrogens is 278 g/mol. The quantitative estimate of drug-likeness (QED) is 0.861. The predicted octanol–water partition coefficient (Wildman–Crippen LogP) is 1.99. The van der Waals surface area contributed by atoms with Crippen LogP contribution >= 0.6 is 0 Å². The Morgan fingerprint density at radius 3 is 2.60 bits per heavy atom. The van der Waals surface area contributed by atoms with Gasteiger partial charge in [-0.3, -0.25) is 0 Å². The van der Waals surface area contributed by atoms with E-state index < -0.39 is 16.0 Å². The van der Waals surface area contributed by atoms with Crippen LogP contribution in [0.1, 0.15) is 41.6 Å². The molecule has 1 fully saturated rings. The zero-order valence-corrected chi connectivity index (χ0v) is 12.3. The third kappa shape index (κ3) is 3.58. The molecule has 2 N–H and O–H groups in total. The summed E-state index contributed by atoms with van der Waals surface area (Å²) in [4.78, 5) is 11.9. The van der Waals surface area contributed by atoms with Crippen LogP contribution in [0.3, 0.4) is 0 Å². The van der Waals surface area contributed by atoms with Gasteiger partial charge in [-0.2, -0.15) is 0 Å². The lowest BCUT2D eigenvalue weighted by atomic mass is 10.1. The molecule has 1 saturated carbocycles. The van der Waals surface area contributed by atoms with Crippen molar-refractivity contribution >= 4 is 16.0 Å². The van der Waals surface area contributed by atoms with E-state index in [1.807, 2.05) is 0 Å². The summed E-state index contributed by atoms with van der Waals surface area (Å²) in [6.45, 7) is 2.03. The van der Waals surface area contributed by atoms with Crippen molar-refractivity contribution in [2.45, 2.75) is 37.5 Å². The Kier molecular flexibility index (Phi) is 4.45. The van der Waals surface area contributed by atoms with Gasteiger partial charge < -0.3 is 4.74 Å². The third-order valence-corrected chi connectivity index (χ3v) is 4.71. The first-order valence-corrected chi connectivity index (χ1v) is 8.23. The summed E-state index contributed by atoms with van der Waals surface area (Å²) in [7, 11) is -3.83. The van der Waals surface area contributed by atoms with Crippen LogP contribution in [-0.2, 0) is 14.8 Å². The fraction of sp³-hybridized carbons (Fsp3) is 0.500. The standard InChI is InChI=1S/C14H19NO4S/c1-10-6-7-12(8-13(10)20(15,17)18)14(16)19-9-11-4-2-3-5-11/h6-8,11H,2-5,9H2,1H3,(H2,15,17,18). The molecule has 1 aromatic carbocycles. The summed E-state index contributed by atoms with van der Waals surface area (Å²) in [6, 6.07) is 4.40. The van der Waals surface area contributed by atoms with Gasteiger partial charge in [0.25, 0.3) is 0 Å². The van der Waals surface area contributed by atoms with Gasteiger partial charge in [0.15, 0.2) is 0 Å². The molecule has 1 aliphatic carbocycles. The average Bonchev–Trinajstić information content (AvgIpc) is 2.88. The zero-order chi connectivity index (χ0) is 14.8. The number of sulfonamides is 1. The van der Waals surface area contributed by atoms with Crippen LogP contribution in [0.15, 0.2) is 23.1 Å². The molecule has 110 valence electrons. The van der Waals surface area contributed by atoms with Crippen molar-refractivity contribution in [3.05, 3.63) is 29.3 Å². The van der Waals surface area contributed by atoms with Crippen LogP contribution in [0.25, 0.3) is 0 Å². The van der Waals surface area contributed by atoms with Gasteiger partial charge in [0.2, 0.25) is 10.0 Å². The van der Waals surface area contributed by atoms with E-state index in [-0.39, 0.29) is 10.5 Å². The lowest BCUT2D eigenvalue weighted by molar-refractivity contribution is 0.0442. The van der Waals surface area contributed by atoms with Gasteiger partial charge in [0, 0.05) is 0 Å². The monoisotopic (exact) mass is 297 g/mol. The molecule has 0 bridgehead atoms. The molecule has 6 heteroatoms. The Morgan fingerprint density at radius 2 is 2.00 bits per heavy atom. The zero-order valence-electron chi connectivity index (χ0n) is 11.5. The Hall–Kier alpha value is -1.40. The molecular formula is C14H19NO4S. The van der Waals surface area contributed by atoms with Gasteiger partial charge in [-0.1, -0.05) is 18.9 Å². The first-order chi connectivity index (χ1) is 9.38. The number of hydrogen-bond acceptors (Lipinski definition) is 4. The van der Waals surface area contributed by atoms with E-state index in [1.165, 1.54) is 18.9 Å². The van der Waals surface area contributed by atoms with Crippen LogP contribution in [0, 0.1) is 12.8 Å². The van der Waals surface area contributed by atoms with E-state index in [2.05, 4.69) is 0 Å². The maximum Gasteiger partial charge on any atom is 0.338 e. The van der Waals surface area contributed by atoms with Gasteiger partial charge in [-0.25, -0.2) is 18.4 Å². The Labute approximate surface area is 119 Å². The van der Waals surface area contributed by atoms with Crippen molar-refractivity contribution in [3.63, 3.8) is 0 Å². The summed E-state index contributed by atoms with van der Waals surface area (Å²) in [5.74, 6) is -0.0658. The summed E-state index contributed by atoms with van der Waals surface area (Å²) in [5.41, 5.74) is 0.734. The summed E-state index contributed by atoms with van der Waals surface area (Å²) in [6.07, 6.45) is 4.54. The lowest BCUT2D eigenvalue weighted by Crippen LogP contribution is -2.16. The second-order valence-electron chi connectivity index (χ2n) is 5.27. The lowest BCUT2D eigenvalue weighted by Gasteiger charge is -2.11. The van der Waals surface area contributed by atoms with Crippen LogP contribution in [-0.4, -0.2) is 21.0 Å². The molecule has 0 unspecified atom stereocenters. The highest BCUT2D eigenvalue weighted by Crippen LogP contribution is 2.25. The van der Waals surface area contributed by atoms with E-state index in [9.17, 15) is 13.2 Å². The molecule has 0 atom stereocenters. The topological polar surface area (TPSA) is 86.5 Å². The van der Waals surface area contributed by atoms with E-state index in [0.29, 0.717) is 18.1 Å². The van der Waals surface area contributed by atoms with Crippen molar-refractivity contribution in [1.82, 2.24) is 0 Å². The normalized spacial score (nSPS) is 16.3. The number of esters is 1. The first kappa shape index (κ1) is 15.0. The van der Waals surface area contributed by atoms with Gasteiger partial charge in [-0.15, -0.1) is 0 Å². The molecule has 0 radical (unpaired) electrons. The second-order valence-corrected chi connectivity index (χ2v) is 6.80. The van der Waals surface area contributed by atoms with E-state index in [0.717, 1.165) is 12.8 Å². The van der Waals surface area contributed by atoms with Crippen molar-refractivity contribution in [3.8, 4) is 0 Å². The predicted molar refractivity (Wildman–Crippen MR) is 74.8 cm³/mol. The first-order valence-electron chi connectivity index (χ1n) is 6.68. The van der Waals surface area contributed by atoms with Crippen LogP contribution in [0.4, 0.5) is 0 Å². The molecule has 0 heterocycles. The molecule has 0 saturated heterocycles. The number of carbonyl (C=O) groups is 1. The van der Waals surface area contributed by atoms with Crippen LogP contribution < -0.4 is 5.14 Å². The smallest absolute Gasteiger partial charge is 0.338 e. The Bertz CT molecular complexity index is 604. The minimum absolute atomic E-state index is 0.0344. The van der Waals surface area contributed by atoms with E-state index in [4.69, 9.17) is 9.88 Å². The number of primary sulfonamides is 1. The fourth-order valence-electron chi connectivity index (χ4n) is 2.49. The largest absolute Gasteiger partial charge is 0.462 e. The van der Waals surface area contributed by atoms with E-state index in [1.54, 1.807) is 19.1 Å². The number of rotatable bonds is 4. The number of carbonyl (C=O) groups excluding carboxylic acids is 1. The molecule has 0 spiro atoms. The molecule has 1 aromatic rings. The minimum Gasteiger partial charge on any atom is -0.462 e. The van der Waals surface area contributed by atoms with Crippen molar-refractivity contribution in [1.29, 1.82) is 0 Å². The van der Waals surface area contributed by atoms with Crippen LogP contribution in [0.5, 0.6) is 0 Å². The average molecular weight is 297 g/mol. The third-order valence-electron chi connectivity index (χ3n) is 3.66. The maximum atomic E-state index is 11.9. The van der Waals surface area contributed by atoms with Gasteiger partial charge >= 0.3 is 5.97 Å². The molecule has 0 aliphatic heterocycles. The highest BCUT2D eigenvalue weighted by Gasteiger charge is 2.19. The Balaban J connectivity index is 2.10. The molecule has 0 amide bonds. The van der Waals surface area contributed by atoms with Crippen molar-refractivity contribution < 1.29 is 17.9 Å². The summed E-state index contributed by atoms with van der Waals surface area (Å²) >= 11 is 0. The maximum absolute atomic E-state index is 11.9. The number of ether oxygens (including phenoxy) is 1. The molecule has 1 aliphatic rings. The number of benzene rings is 1. The van der Waals surface area contributed by atoms with Gasteiger partial charge in [-0.05, 0) is 43.4 Å². The van der Waals surface area contributed by atoms with Gasteiger partial charge in [0.1, 0.15) is 0 Å². The summed E-state index contributed by atoms with van der Waals surface area (Å²) < 4.78 is 28.1. The molecule has 0 aromatic heterocycles. The second kappa shape index (κ2) is 5.93. The van der Waals surface area contributed by atoms with Crippen molar-refractivity contribution in [2.75, 3.05) is 6.61 Å². The highest BCUT2D eigenvalue weighted by molar-refractivity contribution is 7.89. The summed E-state index contributed by atoms with van der Waals surface area (Å²) in [5, 5.41) is 5.12. The van der Waals surface area contributed by atoms with Crippen molar-refractivity contribution in [2.24, 2.45) is 11.1 Å². The number of hydrogen-bond donors (Lipinski definition) is 1. The molecule has 5 nitrogen and oxygen atoms in total. The fourth-order valence-corrected chi connectivity index (χ4v) is 3.30.